The minimum absolute atomic E-state index is 0.0773. The number of carbonyl (C=O) groups is 2. The van der Waals surface area contributed by atoms with Gasteiger partial charge >= 0.3 is 5.97 Å². The lowest BCUT2D eigenvalue weighted by molar-refractivity contribution is -0.137. The fraction of sp³-hybridized carbons (Fsp3) is 0.818. The third-order valence-corrected chi connectivity index (χ3v) is 2.22. The van der Waals surface area contributed by atoms with Crippen molar-refractivity contribution in [2.24, 2.45) is 0 Å². The summed E-state index contributed by atoms with van der Waals surface area (Å²) in [6.07, 6.45) is 4.01. The van der Waals surface area contributed by atoms with E-state index >= 15 is 0 Å². The predicted molar refractivity (Wildman–Crippen MR) is 62.3 cm³/mol. The molecule has 0 aliphatic heterocycles. The molecule has 5 heteroatoms. The fourth-order valence-corrected chi connectivity index (χ4v) is 1.32. The number of rotatable bonds is 10. The summed E-state index contributed by atoms with van der Waals surface area (Å²) in [4.78, 5) is 21.4. The largest absolute Gasteiger partial charge is 0.481 e. The first-order valence-electron chi connectivity index (χ1n) is 5.80. The Morgan fingerprint density at radius 2 is 1.75 bits per heavy atom. The van der Waals surface area contributed by atoms with Gasteiger partial charge in [-0.15, -0.1) is 0 Å². The average Bonchev–Trinajstić information content (AvgIpc) is 2.23. The smallest absolute Gasteiger partial charge is 0.303 e. The van der Waals surface area contributed by atoms with Gasteiger partial charge in [-0.1, -0.05) is 6.42 Å². The van der Waals surface area contributed by atoms with Crippen LogP contribution in [-0.2, 0) is 9.59 Å². The zero-order valence-corrected chi connectivity index (χ0v) is 9.92. The number of hydrogen-bond donors (Lipinski definition) is 3. The van der Waals surface area contributed by atoms with Crippen molar-refractivity contribution in [2.45, 2.75) is 38.5 Å². The van der Waals surface area contributed by atoms with Crippen molar-refractivity contribution >= 4 is 11.9 Å². The Kier molecular flexibility index (Phi) is 9.70. The summed E-state index contributed by atoms with van der Waals surface area (Å²) >= 11 is 0. The molecule has 0 heterocycles. The maximum Gasteiger partial charge on any atom is 0.303 e. The van der Waals surface area contributed by atoms with Crippen LogP contribution >= 0.6 is 0 Å². The van der Waals surface area contributed by atoms with E-state index in [1.54, 1.807) is 0 Å². The number of carboxylic acid groups (broad SMARTS) is 1. The Balaban J connectivity index is 3.18. The Bertz CT molecular complexity index is 207. The van der Waals surface area contributed by atoms with Gasteiger partial charge in [-0.2, -0.15) is 0 Å². The van der Waals surface area contributed by atoms with Crippen LogP contribution in [0.25, 0.3) is 0 Å². The minimum Gasteiger partial charge on any atom is -0.481 e. The van der Waals surface area contributed by atoms with E-state index in [1.165, 1.54) is 0 Å². The standard InChI is InChI=1S/C11H22N2O3/c1-12-8-5-6-10(14)13-9-4-2-3-7-11(15)16/h12H,2-9H2,1H3,(H,13,14)(H,15,16). The number of unbranched alkanes of at least 4 members (excludes halogenated alkanes) is 2. The topological polar surface area (TPSA) is 78.4 Å². The maximum atomic E-state index is 11.2. The molecular weight excluding hydrogens is 208 g/mol. The molecule has 0 aromatic carbocycles. The van der Waals surface area contributed by atoms with Crippen LogP contribution in [0, 0.1) is 0 Å². The highest BCUT2D eigenvalue weighted by molar-refractivity contribution is 5.75. The van der Waals surface area contributed by atoms with E-state index in [-0.39, 0.29) is 12.3 Å². The van der Waals surface area contributed by atoms with Crippen LogP contribution in [0.5, 0.6) is 0 Å². The van der Waals surface area contributed by atoms with Crippen molar-refractivity contribution in [1.29, 1.82) is 0 Å². The maximum absolute atomic E-state index is 11.2. The fourth-order valence-electron chi connectivity index (χ4n) is 1.32. The molecular formula is C11H22N2O3. The Labute approximate surface area is 96.6 Å². The van der Waals surface area contributed by atoms with Gasteiger partial charge in [0, 0.05) is 19.4 Å². The normalized spacial score (nSPS) is 10.1. The Morgan fingerprint density at radius 3 is 2.38 bits per heavy atom. The molecule has 0 saturated carbocycles. The van der Waals surface area contributed by atoms with Crippen LogP contribution in [0.2, 0.25) is 0 Å². The summed E-state index contributed by atoms with van der Waals surface area (Å²) in [6, 6.07) is 0. The lowest BCUT2D eigenvalue weighted by Crippen LogP contribution is -2.25. The molecule has 16 heavy (non-hydrogen) atoms. The summed E-state index contributed by atoms with van der Waals surface area (Å²) in [5, 5.41) is 14.2. The zero-order chi connectivity index (χ0) is 12.2. The summed E-state index contributed by atoms with van der Waals surface area (Å²) in [5.41, 5.74) is 0. The van der Waals surface area contributed by atoms with Gasteiger partial charge in [-0.05, 0) is 32.9 Å². The summed E-state index contributed by atoms with van der Waals surface area (Å²) in [6.45, 7) is 1.50. The van der Waals surface area contributed by atoms with E-state index in [4.69, 9.17) is 5.11 Å². The van der Waals surface area contributed by atoms with Gasteiger partial charge in [-0.3, -0.25) is 9.59 Å². The van der Waals surface area contributed by atoms with E-state index < -0.39 is 5.97 Å². The van der Waals surface area contributed by atoms with Gasteiger partial charge in [0.05, 0.1) is 0 Å². The molecule has 0 fully saturated rings. The van der Waals surface area contributed by atoms with Crippen LogP contribution in [0.3, 0.4) is 0 Å². The lowest BCUT2D eigenvalue weighted by atomic mass is 10.2. The summed E-state index contributed by atoms with van der Waals surface area (Å²) < 4.78 is 0. The van der Waals surface area contributed by atoms with Gasteiger partial charge < -0.3 is 15.7 Å². The van der Waals surface area contributed by atoms with Crippen LogP contribution in [0.1, 0.15) is 38.5 Å². The highest BCUT2D eigenvalue weighted by Gasteiger charge is 2.00. The first kappa shape index (κ1) is 14.9. The molecule has 94 valence electrons. The van der Waals surface area contributed by atoms with Crippen molar-refractivity contribution in [3.8, 4) is 0 Å². The molecule has 0 unspecified atom stereocenters. The van der Waals surface area contributed by atoms with Crippen molar-refractivity contribution in [2.75, 3.05) is 20.1 Å². The molecule has 0 aliphatic carbocycles. The number of amides is 1. The highest BCUT2D eigenvalue weighted by Crippen LogP contribution is 1.98. The molecule has 5 nitrogen and oxygen atoms in total. The number of nitrogens with one attached hydrogen (secondary N) is 2. The van der Waals surface area contributed by atoms with E-state index in [9.17, 15) is 9.59 Å². The molecule has 0 bridgehead atoms. The van der Waals surface area contributed by atoms with Crippen molar-refractivity contribution in [1.82, 2.24) is 10.6 Å². The quantitative estimate of drug-likeness (QED) is 0.484. The summed E-state index contributed by atoms with van der Waals surface area (Å²) in [5.74, 6) is -0.676. The first-order chi connectivity index (χ1) is 7.66. The third kappa shape index (κ3) is 11.0. The van der Waals surface area contributed by atoms with Crippen LogP contribution in [0.4, 0.5) is 0 Å². The molecule has 0 rings (SSSR count). The molecule has 0 atom stereocenters. The Morgan fingerprint density at radius 1 is 1.00 bits per heavy atom. The van der Waals surface area contributed by atoms with Crippen LogP contribution in [0.15, 0.2) is 0 Å². The van der Waals surface area contributed by atoms with Crippen LogP contribution < -0.4 is 10.6 Å². The van der Waals surface area contributed by atoms with Gasteiger partial charge in [0.1, 0.15) is 0 Å². The lowest BCUT2D eigenvalue weighted by Gasteiger charge is -2.04. The van der Waals surface area contributed by atoms with Gasteiger partial charge in [0.15, 0.2) is 0 Å². The Hall–Kier alpha value is -1.10. The number of carbonyl (C=O) groups excluding carboxylic acids is 1. The SMILES string of the molecule is CNCCCC(=O)NCCCCCC(=O)O. The second-order valence-corrected chi connectivity index (χ2v) is 3.76. The van der Waals surface area contributed by atoms with Crippen molar-refractivity contribution in [3.05, 3.63) is 0 Å². The first-order valence-corrected chi connectivity index (χ1v) is 5.80. The van der Waals surface area contributed by atoms with Gasteiger partial charge in [0.25, 0.3) is 0 Å². The third-order valence-electron chi connectivity index (χ3n) is 2.22. The van der Waals surface area contributed by atoms with Crippen molar-refractivity contribution < 1.29 is 14.7 Å². The van der Waals surface area contributed by atoms with E-state index in [2.05, 4.69) is 10.6 Å². The van der Waals surface area contributed by atoms with Gasteiger partial charge in [0.2, 0.25) is 5.91 Å². The second-order valence-electron chi connectivity index (χ2n) is 3.76. The summed E-state index contributed by atoms with van der Waals surface area (Å²) in [7, 11) is 1.86. The molecule has 0 spiro atoms. The molecule has 0 aromatic heterocycles. The average molecular weight is 230 g/mol. The van der Waals surface area contributed by atoms with Crippen LogP contribution in [-0.4, -0.2) is 37.1 Å². The predicted octanol–water partition coefficient (Wildman–Crippen LogP) is 0.747. The van der Waals surface area contributed by atoms with E-state index in [1.807, 2.05) is 7.05 Å². The monoisotopic (exact) mass is 230 g/mol. The minimum atomic E-state index is -0.754. The molecule has 0 saturated heterocycles. The molecule has 1 amide bonds. The van der Waals surface area contributed by atoms with E-state index in [0.29, 0.717) is 19.4 Å². The number of carboxylic acids is 1. The molecule has 0 aliphatic rings. The second kappa shape index (κ2) is 10.4. The number of hydrogen-bond acceptors (Lipinski definition) is 3. The van der Waals surface area contributed by atoms with Crippen molar-refractivity contribution in [3.63, 3.8) is 0 Å². The zero-order valence-electron chi connectivity index (χ0n) is 9.92. The number of aliphatic carboxylic acids is 1. The van der Waals surface area contributed by atoms with Gasteiger partial charge in [-0.25, -0.2) is 0 Å². The molecule has 0 radical (unpaired) electrons. The van der Waals surface area contributed by atoms with E-state index in [0.717, 1.165) is 25.8 Å². The molecule has 3 N–H and O–H groups in total. The highest BCUT2D eigenvalue weighted by atomic mass is 16.4. The molecule has 0 aromatic rings.